The Labute approximate surface area is 215 Å². The molecule has 2 aromatic carbocycles. The second-order valence-corrected chi connectivity index (χ2v) is 8.73. The van der Waals surface area contributed by atoms with Crippen LogP contribution >= 0.6 is 12.2 Å². The number of aliphatic carboxylic acids is 1. The molecule has 190 valence electrons. The second kappa shape index (κ2) is 11.1. The van der Waals surface area contributed by atoms with E-state index in [1.54, 1.807) is 12.1 Å². The van der Waals surface area contributed by atoms with Gasteiger partial charge in [0.15, 0.2) is 4.77 Å². The van der Waals surface area contributed by atoms with Crippen LogP contribution in [0.25, 0.3) is 11.6 Å². The summed E-state index contributed by atoms with van der Waals surface area (Å²) in [6.07, 6.45) is 1.44. The van der Waals surface area contributed by atoms with Gasteiger partial charge in [-0.2, -0.15) is 0 Å². The number of nitrogens with one attached hydrogen (secondary N) is 2. The van der Waals surface area contributed by atoms with Crippen molar-refractivity contribution in [2.24, 2.45) is 4.99 Å². The summed E-state index contributed by atoms with van der Waals surface area (Å²) in [5.41, 5.74) is 1.21. The smallest absolute Gasteiger partial charge is 0.303 e. The average Bonchev–Trinajstić information content (AvgIpc) is 3.21. The van der Waals surface area contributed by atoms with Gasteiger partial charge in [0, 0.05) is 18.2 Å². The third kappa shape index (κ3) is 6.07. The van der Waals surface area contributed by atoms with Crippen molar-refractivity contribution >= 4 is 35.7 Å². The first-order valence-electron chi connectivity index (χ1n) is 11.4. The average molecular weight is 523 g/mol. The lowest BCUT2D eigenvalue weighted by Gasteiger charge is -2.12. The topological polar surface area (TPSA) is 137 Å². The van der Waals surface area contributed by atoms with Crippen molar-refractivity contribution in [2.75, 3.05) is 6.54 Å². The third-order valence-electron chi connectivity index (χ3n) is 5.78. The van der Waals surface area contributed by atoms with E-state index >= 15 is 0 Å². The molecule has 0 unspecified atom stereocenters. The van der Waals surface area contributed by atoms with Crippen LogP contribution in [0.1, 0.15) is 30.4 Å². The SMILES string of the molecule is O=C(O)CCC(=O)NCCC1=c2ccccc2=N/C1=C\c1c(O)n(Cc2ccc(F)cc2)c(=S)[nH]c1=O. The van der Waals surface area contributed by atoms with E-state index in [4.69, 9.17) is 17.3 Å². The number of nitrogens with zero attached hydrogens (tertiary/aromatic N) is 2. The van der Waals surface area contributed by atoms with E-state index in [9.17, 15) is 23.9 Å². The molecule has 1 aromatic heterocycles. The molecule has 4 rings (SSSR count). The number of para-hydroxylation sites is 1. The zero-order valence-corrected chi connectivity index (χ0v) is 20.3. The first-order chi connectivity index (χ1) is 17.7. The van der Waals surface area contributed by atoms with E-state index in [1.165, 1.54) is 22.8 Å². The number of carbonyl (C=O) groups excluding carboxylic acids is 1. The van der Waals surface area contributed by atoms with E-state index in [2.05, 4.69) is 15.3 Å². The van der Waals surface area contributed by atoms with Crippen molar-refractivity contribution in [3.8, 4) is 5.88 Å². The maximum absolute atomic E-state index is 13.3. The molecule has 0 saturated heterocycles. The standard InChI is InChI=1S/C26H23FN4O5S/c27-16-7-5-15(6-8-16)14-31-25(36)19(24(35)30-26(31)37)13-21-18(17-3-1-2-4-20(17)29-21)11-12-28-22(32)9-10-23(33)34/h1-8,13,36H,9-12,14H2,(H,28,32)(H,33,34)(H,30,35,37)/b21-13-. The van der Waals surface area contributed by atoms with E-state index in [0.717, 1.165) is 10.8 Å². The molecule has 9 nitrogen and oxygen atoms in total. The maximum atomic E-state index is 13.3. The molecular formula is C26H23FN4O5S. The number of carboxylic acids is 1. The highest BCUT2D eigenvalue weighted by atomic mass is 32.1. The quantitative estimate of drug-likeness (QED) is 0.317. The van der Waals surface area contributed by atoms with Crippen LogP contribution in [-0.2, 0) is 16.1 Å². The minimum absolute atomic E-state index is 0.00824. The minimum Gasteiger partial charge on any atom is -0.494 e. The Hall–Kier alpha value is -4.38. The fourth-order valence-electron chi connectivity index (χ4n) is 3.94. The molecule has 0 radical (unpaired) electrons. The van der Waals surface area contributed by atoms with Crippen LogP contribution in [0.3, 0.4) is 0 Å². The Balaban J connectivity index is 1.66. The number of carboxylic acid groups (broad SMARTS) is 1. The van der Waals surface area contributed by atoms with E-state index in [0.29, 0.717) is 23.0 Å². The van der Waals surface area contributed by atoms with Crippen molar-refractivity contribution < 1.29 is 24.2 Å². The van der Waals surface area contributed by atoms with Gasteiger partial charge < -0.3 is 15.5 Å². The van der Waals surface area contributed by atoms with Gasteiger partial charge in [-0.1, -0.05) is 30.3 Å². The minimum atomic E-state index is -1.05. The predicted octanol–water partition coefficient (Wildman–Crippen LogP) is 1.99. The molecule has 37 heavy (non-hydrogen) atoms. The van der Waals surface area contributed by atoms with Gasteiger partial charge in [-0.05, 0) is 54.1 Å². The predicted molar refractivity (Wildman–Crippen MR) is 136 cm³/mol. The van der Waals surface area contributed by atoms with Crippen molar-refractivity contribution in [3.63, 3.8) is 0 Å². The number of aromatic nitrogens is 2. The number of benzene rings is 2. The van der Waals surface area contributed by atoms with Gasteiger partial charge >= 0.3 is 5.97 Å². The molecule has 3 aromatic rings. The summed E-state index contributed by atoms with van der Waals surface area (Å²) in [6, 6.07) is 13.0. The molecule has 0 atom stereocenters. The molecule has 0 saturated carbocycles. The molecule has 11 heteroatoms. The van der Waals surface area contributed by atoms with Gasteiger partial charge in [-0.25, -0.2) is 9.38 Å². The lowest BCUT2D eigenvalue weighted by molar-refractivity contribution is -0.138. The van der Waals surface area contributed by atoms with Crippen LogP contribution in [-0.4, -0.2) is 38.2 Å². The molecule has 1 amide bonds. The number of carbonyl (C=O) groups is 2. The molecular weight excluding hydrogens is 499 g/mol. The number of halogens is 1. The Bertz CT molecular complexity index is 1640. The molecule has 0 bridgehead atoms. The first-order valence-corrected chi connectivity index (χ1v) is 11.8. The molecule has 0 fully saturated rings. The van der Waals surface area contributed by atoms with E-state index in [-0.39, 0.29) is 48.1 Å². The highest BCUT2D eigenvalue weighted by Crippen LogP contribution is 2.24. The number of fused-ring (bicyclic) bond motifs is 1. The highest BCUT2D eigenvalue weighted by molar-refractivity contribution is 7.71. The number of rotatable bonds is 9. The number of amides is 1. The van der Waals surface area contributed by atoms with Gasteiger partial charge in [-0.15, -0.1) is 0 Å². The zero-order chi connectivity index (χ0) is 26.5. The number of aromatic hydroxyl groups is 1. The van der Waals surface area contributed by atoms with Crippen LogP contribution in [0, 0.1) is 10.6 Å². The number of hydrogen-bond donors (Lipinski definition) is 4. The summed E-state index contributed by atoms with van der Waals surface area (Å²) in [4.78, 5) is 42.5. The highest BCUT2D eigenvalue weighted by Gasteiger charge is 2.18. The molecule has 0 aliphatic carbocycles. The van der Waals surface area contributed by atoms with Crippen molar-refractivity contribution in [3.05, 3.63) is 96.9 Å². The third-order valence-corrected chi connectivity index (χ3v) is 6.11. The van der Waals surface area contributed by atoms with Crippen LogP contribution in [0.5, 0.6) is 5.88 Å². The molecule has 1 aliphatic rings. The lowest BCUT2D eigenvalue weighted by atomic mass is 10.1. The Morgan fingerprint density at radius 3 is 2.59 bits per heavy atom. The lowest BCUT2D eigenvalue weighted by Crippen LogP contribution is -2.27. The fourth-order valence-corrected chi connectivity index (χ4v) is 4.18. The number of allylic oxidation sites excluding steroid dienone is 1. The summed E-state index contributed by atoms with van der Waals surface area (Å²) in [5.74, 6) is -2.19. The maximum Gasteiger partial charge on any atom is 0.303 e. The van der Waals surface area contributed by atoms with Gasteiger partial charge in [0.25, 0.3) is 5.56 Å². The summed E-state index contributed by atoms with van der Waals surface area (Å²) in [5, 5.41) is 23.9. The van der Waals surface area contributed by atoms with Gasteiger partial charge in [0.05, 0.1) is 24.0 Å². The van der Waals surface area contributed by atoms with E-state index < -0.39 is 17.3 Å². The Morgan fingerprint density at radius 2 is 1.86 bits per heavy atom. The number of hydrogen-bond acceptors (Lipinski definition) is 6. The van der Waals surface area contributed by atoms with Crippen molar-refractivity contribution in [1.29, 1.82) is 0 Å². The summed E-state index contributed by atoms with van der Waals surface area (Å²) in [6.45, 7) is 0.335. The second-order valence-electron chi connectivity index (χ2n) is 8.34. The van der Waals surface area contributed by atoms with Gasteiger partial charge in [-0.3, -0.25) is 23.9 Å². The van der Waals surface area contributed by atoms with Crippen LogP contribution in [0.15, 0.2) is 64.0 Å². The van der Waals surface area contributed by atoms with Crippen molar-refractivity contribution in [2.45, 2.75) is 25.8 Å². The van der Waals surface area contributed by atoms with Crippen LogP contribution in [0.2, 0.25) is 0 Å². The van der Waals surface area contributed by atoms with Gasteiger partial charge in [0.1, 0.15) is 11.4 Å². The van der Waals surface area contributed by atoms with Crippen LogP contribution < -0.4 is 21.5 Å². The van der Waals surface area contributed by atoms with Crippen LogP contribution in [0.4, 0.5) is 4.39 Å². The summed E-state index contributed by atoms with van der Waals surface area (Å²) >= 11 is 5.24. The molecule has 2 heterocycles. The molecule has 4 N–H and O–H groups in total. The molecule has 0 spiro atoms. The van der Waals surface area contributed by atoms with Crippen molar-refractivity contribution in [1.82, 2.24) is 14.9 Å². The summed E-state index contributed by atoms with van der Waals surface area (Å²) < 4.78 is 14.6. The Morgan fingerprint density at radius 1 is 1.14 bits per heavy atom. The zero-order valence-electron chi connectivity index (χ0n) is 19.5. The van der Waals surface area contributed by atoms with E-state index in [1.807, 2.05) is 24.3 Å². The first kappa shape index (κ1) is 25.7. The Kier molecular flexibility index (Phi) is 7.73. The summed E-state index contributed by atoms with van der Waals surface area (Å²) in [7, 11) is 0. The number of aromatic amines is 1. The fraction of sp³-hybridized carbons (Fsp3) is 0.192. The normalized spacial score (nSPS) is 13.3. The van der Waals surface area contributed by atoms with Gasteiger partial charge in [0.2, 0.25) is 11.8 Å². The largest absolute Gasteiger partial charge is 0.494 e. The monoisotopic (exact) mass is 522 g/mol. The number of H-pyrrole nitrogens is 1. The molecule has 1 aliphatic heterocycles.